The first kappa shape index (κ1) is 22.8. The minimum atomic E-state index is -4.84. The van der Waals surface area contributed by atoms with E-state index in [9.17, 15) is 13.2 Å². The number of halogens is 3. The van der Waals surface area contributed by atoms with Gasteiger partial charge >= 0.3 is 6.36 Å². The van der Waals surface area contributed by atoms with Crippen LogP contribution in [0.1, 0.15) is 32.0 Å². The van der Waals surface area contributed by atoms with Crippen LogP contribution in [0.5, 0.6) is 5.75 Å². The summed E-state index contributed by atoms with van der Waals surface area (Å²) in [6.07, 6.45) is -2.14. The largest absolute Gasteiger partial charge is 0.573 e. The molecule has 0 aromatic carbocycles. The van der Waals surface area contributed by atoms with Gasteiger partial charge in [0.25, 0.3) is 0 Å². The Balaban J connectivity index is 1.14. The SMILES string of the molecule is CC(C)n1nc(-c2cnc(N)c(OC(F)(F)F)c2)cc1[C@]12C3C(N4CC5(CN(C)CCO5)C4)[C@H]1C[C@@H]32. The van der Waals surface area contributed by atoms with Gasteiger partial charge in [-0.3, -0.25) is 9.58 Å². The van der Waals surface area contributed by atoms with Crippen LogP contribution in [0.2, 0.25) is 0 Å². The first-order chi connectivity index (χ1) is 17.0. The summed E-state index contributed by atoms with van der Waals surface area (Å²) in [6, 6.07) is 4.06. The quantitative estimate of drug-likeness (QED) is 0.671. The van der Waals surface area contributed by atoms with Gasteiger partial charge in [0.05, 0.1) is 12.3 Å². The molecule has 2 saturated heterocycles. The van der Waals surface area contributed by atoms with Crippen LogP contribution in [-0.2, 0) is 10.2 Å². The van der Waals surface area contributed by atoms with Crippen molar-refractivity contribution >= 4 is 5.82 Å². The van der Waals surface area contributed by atoms with Gasteiger partial charge in [-0.1, -0.05) is 0 Å². The minimum Gasteiger partial charge on any atom is -0.402 e. The third kappa shape index (κ3) is 2.99. The monoisotopic (exact) mass is 504 g/mol. The number of nitrogen functional groups attached to an aromatic ring is 1. The number of fused-ring (bicyclic) bond motifs is 1. The zero-order valence-corrected chi connectivity index (χ0v) is 20.6. The molecule has 1 spiro atoms. The van der Waals surface area contributed by atoms with Crippen LogP contribution >= 0.6 is 0 Å². The lowest BCUT2D eigenvalue weighted by atomic mass is 9.59. The van der Waals surface area contributed by atoms with Gasteiger partial charge in [0.15, 0.2) is 11.6 Å². The van der Waals surface area contributed by atoms with E-state index in [0.717, 1.165) is 32.8 Å². The topological polar surface area (TPSA) is 81.7 Å². The molecule has 5 aliphatic rings. The summed E-state index contributed by atoms with van der Waals surface area (Å²) in [4.78, 5) is 8.93. The first-order valence-electron chi connectivity index (χ1n) is 12.7. The van der Waals surface area contributed by atoms with Gasteiger partial charge in [-0.25, -0.2) is 4.98 Å². The van der Waals surface area contributed by atoms with Gasteiger partial charge in [-0.2, -0.15) is 5.10 Å². The molecule has 4 heterocycles. The van der Waals surface area contributed by atoms with Crippen LogP contribution in [0.15, 0.2) is 18.3 Å². The fourth-order valence-electron chi connectivity index (χ4n) is 7.98. The lowest BCUT2D eigenvalue weighted by molar-refractivity contribution is -0.274. The standard InChI is InChI=1S/C25H31F3N6O2/c1-13(2)34-19(8-17(31-34)14-6-18(22(29)30-9-14)36-25(26,27)28)24-15-7-16(24)21(20(15)24)33-11-23(12-33)10-32(3)4-5-35-23/h6,8-9,13,15-16,20-21H,4-5,7,10-12H2,1-3H3,(H2,29,30)/t15-,16+,20?,21?,24+/m0/s1. The van der Waals surface area contributed by atoms with Gasteiger partial charge in [-0.15, -0.1) is 13.2 Å². The van der Waals surface area contributed by atoms with Crippen LogP contribution in [0.4, 0.5) is 19.0 Å². The number of morpholine rings is 1. The number of hydrogen-bond acceptors (Lipinski definition) is 7. The molecule has 2 unspecified atom stereocenters. The van der Waals surface area contributed by atoms with Crippen molar-refractivity contribution in [3.05, 3.63) is 24.0 Å². The summed E-state index contributed by atoms with van der Waals surface area (Å²) in [5, 5.41) is 4.82. The number of nitrogens with zero attached hydrogens (tertiary/aromatic N) is 5. The Labute approximate surface area is 207 Å². The highest BCUT2D eigenvalue weighted by atomic mass is 19.4. The van der Waals surface area contributed by atoms with E-state index >= 15 is 0 Å². The summed E-state index contributed by atoms with van der Waals surface area (Å²) in [7, 11) is 2.17. The van der Waals surface area contributed by atoms with E-state index in [1.165, 1.54) is 24.4 Å². The number of likely N-dealkylation sites (tertiary alicyclic amines) is 1. The summed E-state index contributed by atoms with van der Waals surface area (Å²) < 4.78 is 50.8. The predicted molar refractivity (Wildman–Crippen MR) is 125 cm³/mol. The number of aromatic nitrogens is 3. The van der Waals surface area contributed by atoms with E-state index < -0.39 is 12.1 Å². The number of likely N-dealkylation sites (N-methyl/N-ethyl adjacent to an activating group) is 1. The third-order valence-electron chi connectivity index (χ3n) is 9.31. The summed E-state index contributed by atoms with van der Waals surface area (Å²) in [5.41, 5.74) is 8.05. The summed E-state index contributed by atoms with van der Waals surface area (Å²) in [5.74, 6) is 1.08. The molecular weight excluding hydrogens is 473 g/mol. The van der Waals surface area contributed by atoms with Crippen LogP contribution in [0, 0.1) is 17.8 Å². The lowest BCUT2D eigenvalue weighted by Crippen LogP contribution is -2.74. The van der Waals surface area contributed by atoms with Crippen LogP contribution in [-0.4, -0.2) is 82.4 Å². The highest BCUT2D eigenvalue weighted by Gasteiger charge is 2.90. The van der Waals surface area contributed by atoms with Gasteiger partial charge < -0.3 is 20.1 Å². The van der Waals surface area contributed by atoms with Crippen LogP contribution in [0.25, 0.3) is 11.3 Å². The van der Waals surface area contributed by atoms with E-state index in [4.69, 9.17) is 15.6 Å². The van der Waals surface area contributed by atoms with Gasteiger partial charge in [-0.05, 0) is 57.2 Å². The van der Waals surface area contributed by atoms with Gasteiger partial charge in [0, 0.05) is 61.1 Å². The molecule has 194 valence electrons. The molecule has 36 heavy (non-hydrogen) atoms. The fourth-order valence-corrected chi connectivity index (χ4v) is 7.98. The Morgan fingerprint density at radius 1 is 1.19 bits per heavy atom. The number of hydrogen-bond donors (Lipinski definition) is 1. The normalized spacial score (nSPS) is 34.6. The number of rotatable bonds is 5. The average molecular weight is 505 g/mol. The molecule has 3 aliphatic carbocycles. The molecule has 2 aromatic heterocycles. The summed E-state index contributed by atoms with van der Waals surface area (Å²) >= 11 is 0. The van der Waals surface area contributed by atoms with Crippen LogP contribution < -0.4 is 10.5 Å². The highest BCUT2D eigenvalue weighted by molar-refractivity contribution is 5.66. The molecule has 2 N–H and O–H groups in total. The summed E-state index contributed by atoms with van der Waals surface area (Å²) in [6.45, 7) is 8.99. The molecule has 5 fully saturated rings. The van der Waals surface area contributed by atoms with E-state index in [2.05, 4.69) is 51.2 Å². The van der Waals surface area contributed by atoms with Crippen molar-refractivity contribution in [2.75, 3.05) is 45.6 Å². The zero-order valence-electron chi connectivity index (χ0n) is 20.6. The zero-order chi connectivity index (χ0) is 25.2. The second kappa shape index (κ2) is 7.14. The maximum atomic E-state index is 12.8. The maximum Gasteiger partial charge on any atom is 0.573 e. The molecule has 3 saturated carbocycles. The minimum absolute atomic E-state index is 0.00422. The van der Waals surface area contributed by atoms with Crippen molar-refractivity contribution in [2.24, 2.45) is 17.8 Å². The molecule has 5 atom stereocenters. The molecule has 8 nitrogen and oxygen atoms in total. The molecular formula is C25H31F3N6O2. The molecule has 2 aliphatic heterocycles. The Morgan fingerprint density at radius 3 is 2.64 bits per heavy atom. The first-order valence-corrected chi connectivity index (χ1v) is 12.7. The fraction of sp³-hybridized carbons (Fsp3) is 0.680. The van der Waals surface area contributed by atoms with Crippen molar-refractivity contribution in [1.29, 1.82) is 0 Å². The number of pyridine rings is 1. The highest BCUT2D eigenvalue weighted by Crippen LogP contribution is 2.87. The Bertz CT molecular complexity index is 1220. The molecule has 0 bridgehead atoms. The molecule has 0 amide bonds. The predicted octanol–water partition coefficient (Wildman–Crippen LogP) is 2.91. The molecule has 0 radical (unpaired) electrons. The van der Waals surface area contributed by atoms with Crippen molar-refractivity contribution in [2.45, 2.75) is 49.7 Å². The van der Waals surface area contributed by atoms with Crippen molar-refractivity contribution < 1.29 is 22.6 Å². The van der Waals surface area contributed by atoms with E-state index in [1.54, 1.807) is 0 Å². The van der Waals surface area contributed by atoms with Gasteiger partial charge in [0.1, 0.15) is 5.60 Å². The number of ether oxygens (including phenoxy) is 2. The molecule has 11 heteroatoms. The Kier molecular flexibility index (Phi) is 4.52. The average Bonchev–Trinajstić information content (AvgIpc) is 3.20. The lowest BCUT2D eigenvalue weighted by Gasteiger charge is -2.61. The molecule has 7 rings (SSSR count). The third-order valence-corrected chi connectivity index (χ3v) is 9.31. The smallest absolute Gasteiger partial charge is 0.402 e. The van der Waals surface area contributed by atoms with Crippen molar-refractivity contribution in [1.82, 2.24) is 24.6 Å². The number of anilines is 1. The maximum absolute atomic E-state index is 12.8. The van der Waals surface area contributed by atoms with Crippen molar-refractivity contribution in [3.63, 3.8) is 0 Å². The van der Waals surface area contributed by atoms with Crippen molar-refractivity contribution in [3.8, 4) is 17.0 Å². The van der Waals surface area contributed by atoms with E-state index in [-0.39, 0.29) is 22.9 Å². The van der Waals surface area contributed by atoms with Gasteiger partial charge in [0.2, 0.25) is 0 Å². The second-order valence-corrected chi connectivity index (χ2v) is 11.7. The van der Waals surface area contributed by atoms with E-state index in [1.807, 2.05) is 0 Å². The second-order valence-electron chi connectivity index (χ2n) is 11.7. The Morgan fingerprint density at radius 2 is 1.97 bits per heavy atom. The molecule has 2 aromatic rings. The van der Waals surface area contributed by atoms with E-state index in [0.29, 0.717) is 35.1 Å². The Hall–Kier alpha value is -2.37. The number of alkyl halides is 3. The number of nitrogens with two attached hydrogens (primary N) is 1. The van der Waals surface area contributed by atoms with Crippen LogP contribution in [0.3, 0.4) is 0 Å².